The van der Waals surface area contributed by atoms with Gasteiger partial charge in [0.15, 0.2) is 0 Å². The smallest absolute Gasteiger partial charge is 0.0869 e. The maximum Gasteiger partial charge on any atom is 0.0869 e. The zero-order chi connectivity index (χ0) is 11.3. The van der Waals surface area contributed by atoms with Gasteiger partial charge in [0.25, 0.3) is 0 Å². The summed E-state index contributed by atoms with van der Waals surface area (Å²) in [7, 11) is 0. The van der Waals surface area contributed by atoms with Gasteiger partial charge in [-0.3, -0.25) is 0 Å². The van der Waals surface area contributed by atoms with Crippen LogP contribution in [0.4, 0.5) is 0 Å². The molecule has 0 amide bonds. The predicted octanol–water partition coefficient (Wildman–Crippen LogP) is 1.26. The van der Waals surface area contributed by atoms with Crippen molar-refractivity contribution in [2.45, 2.75) is 44.9 Å². The lowest BCUT2D eigenvalue weighted by atomic mass is 10.0. The number of thioether (sulfide) groups is 1. The summed E-state index contributed by atoms with van der Waals surface area (Å²) in [4.78, 5) is 0. The second-order valence-electron chi connectivity index (χ2n) is 4.69. The van der Waals surface area contributed by atoms with E-state index in [0.717, 1.165) is 17.9 Å². The van der Waals surface area contributed by atoms with E-state index in [1.807, 2.05) is 25.6 Å². The minimum atomic E-state index is -0.489. The third kappa shape index (κ3) is 5.20. The van der Waals surface area contributed by atoms with E-state index in [-0.39, 0.29) is 6.10 Å². The van der Waals surface area contributed by atoms with E-state index in [1.54, 1.807) is 0 Å². The average molecular weight is 233 g/mol. The molecule has 1 rings (SSSR count). The summed E-state index contributed by atoms with van der Waals surface area (Å²) in [6.07, 6.45) is 1.18. The van der Waals surface area contributed by atoms with Gasteiger partial charge in [-0.25, -0.2) is 0 Å². The molecular weight excluding hydrogens is 210 g/mol. The lowest BCUT2D eigenvalue weighted by Crippen LogP contribution is -2.45. The highest BCUT2D eigenvalue weighted by Gasteiger charge is 2.31. The summed E-state index contributed by atoms with van der Waals surface area (Å²) in [5, 5.41) is 13.4. The summed E-state index contributed by atoms with van der Waals surface area (Å²) in [5.41, 5.74) is -0.489. The highest BCUT2D eigenvalue weighted by Crippen LogP contribution is 2.26. The molecule has 1 aliphatic heterocycles. The molecule has 0 aliphatic carbocycles. The fourth-order valence-corrected chi connectivity index (χ4v) is 2.79. The van der Waals surface area contributed by atoms with Crippen LogP contribution in [0.25, 0.3) is 0 Å². The predicted molar refractivity (Wildman–Crippen MR) is 65.4 cm³/mol. The van der Waals surface area contributed by atoms with Crippen molar-refractivity contribution in [3.63, 3.8) is 0 Å². The van der Waals surface area contributed by atoms with Crippen LogP contribution in [0, 0.1) is 0 Å². The molecule has 0 saturated carbocycles. The Morgan fingerprint density at radius 3 is 2.73 bits per heavy atom. The Morgan fingerprint density at radius 2 is 2.20 bits per heavy atom. The summed E-state index contributed by atoms with van der Waals surface area (Å²) in [6, 6.07) is 0.307. The van der Waals surface area contributed by atoms with Crippen molar-refractivity contribution in [1.29, 1.82) is 0 Å². The van der Waals surface area contributed by atoms with Gasteiger partial charge in [-0.05, 0) is 32.9 Å². The Bertz CT molecular complexity index is 181. The SMILES string of the molecule is CC(C)OC[C@H](C)NC[C@]1(O)CCSC1. The van der Waals surface area contributed by atoms with Gasteiger partial charge in [0, 0.05) is 18.3 Å². The highest BCUT2D eigenvalue weighted by molar-refractivity contribution is 7.99. The summed E-state index contributed by atoms with van der Waals surface area (Å²) < 4.78 is 5.50. The van der Waals surface area contributed by atoms with E-state index in [0.29, 0.717) is 19.2 Å². The third-order valence-electron chi connectivity index (χ3n) is 2.54. The molecule has 0 unspecified atom stereocenters. The van der Waals surface area contributed by atoms with Crippen molar-refractivity contribution >= 4 is 11.8 Å². The quantitative estimate of drug-likeness (QED) is 0.725. The number of aliphatic hydroxyl groups is 1. The van der Waals surface area contributed by atoms with Gasteiger partial charge in [0.05, 0.1) is 18.3 Å². The fraction of sp³-hybridized carbons (Fsp3) is 1.00. The van der Waals surface area contributed by atoms with Crippen LogP contribution >= 0.6 is 11.8 Å². The van der Waals surface area contributed by atoms with Crippen LogP contribution in [0.5, 0.6) is 0 Å². The van der Waals surface area contributed by atoms with Crippen molar-refractivity contribution in [2.24, 2.45) is 0 Å². The normalized spacial score (nSPS) is 28.6. The Balaban J connectivity index is 2.13. The molecule has 0 bridgehead atoms. The average Bonchev–Trinajstić information content (AvgIpc) is 2.60. The van der Waals surface area contributed by atoms with Crippen LogP contribution in [-0.4, -0.2) is 47.5 Å². The van der Waals surface area contributed by atoms with E-state index < -0.39 is 5.60 Å². The molecule has 1 fully saturated rings. The van der Waals surface area contributed by atoms with Gasteiger partial charge < -0.3 is 15.2 Å². The van der Waals surface area contributed by atoms with Crippen LogP contribution in [0.15, 0.2) is 0 Å². The molecule has 2 N–H and O–H groups in total. The summed E-state index contributed by atoms with van der Waals surface area (Å²) >= 11 is 1.83. The number of hydrogen-bond acceptors (Lipinski definition) is 4. The van der Waals surface area contributed by atoms with E-state index >= 15 is 0 Å². The number of hydrogen-bond donors (Lipinski definition) is 2. The molecule has 1 heterocycles. The molecule has 0 aromatic rings. The first-order valence-electron chi connectivity index (χ1n) is 5.67. The molecule has 15 heavy (non-hydrogen) atoms. The molecule has 0 aromatic carbocycles. The first-order chi connectivity index (χ1) is 7.02. The zero-order valence-corrected chi connectivity index (χ0v) is 10.8. The molecule has 90 valence electrons. The lowest BCUT2D eigenvalue weighted by molar-refractivity contribution is 0.0428. The topological polar surface area (TPSA) is 41.5 Å². The summed E-state index contributed by atoms with van der Waals surface area (Å²) in [6.45, 7) is 7.55. The Hall–Kier alpha value is 0.230. The van der Waals surface area contributed by atoms with Crippen LogP contribution < -0.4 is 5.32 Å². The second-order valence-corrected chi connectivity index (χ2v) is 5.80. The lowest BCUT2D eigenvalue weighted by Gasteiger charge is -2.24. The number of rotatable bonds is 6. The van der Waals surface area contributed by atoms with E-state index in [9.17, 15) is 5.11 Å². The van der Waals surface area contributed by atoms with E-state index in [2.05, 4.69) is 12.2 Å². The van der Waals surface area contributed by atoms with Gasteiger partial charge in [-0.1, -0.05) is 0 Å². The fourth-order valence-electron chi connectivity index (χ4n) is 1.50. The van der Waals surface area contributed by atoms with Crippen LogP contribution in [0.3, 0.4) is 0 Å². The maximum absolute atomic E-state index is 10.1. The Labute approximate surface area is 97.0 Å². The van der Waals surface area contributed by atoms with Crippen molar-refractivity contribution in [1.82, 2.24) is 5.32 Å². The van der Waals surface area contributed by atoms with Gasteiger partial charge in [-0.2, -0.15) is 11.8 Å². The molecule has 0 radical (unpaired) electrons. The number of ether oxygens (including phenoxy) is 1. The van der Waals surface area contributed by atoms with Crippen LogP contribution in [0.1, 0.15) is 27.2 Å². The third-order valence-corrected chi connectivity index (χ3v) is 3.78. The first kappa shape index (κ1) is 13.3. The first-order valence-corrected chi connectivity index (χ1v) is 6.82. The number of nitrogens with one attached hydrogen (secondary N) is 1. The van der Waals surface area contributed by atoms with Crippen molar-refractivity contribution in [3.8, 4) is 0 Å². The summed E-state index contributed by atoms with van der Waals surface area (Å²) in [5.74, 6) is 1.94. The monoisotopic (exact) mass is 233 g/mol. The Morgan fingerprint density at radius 1 is 1.47 bits per heavy atom. The second kappa shape index (κ2) is 6.09. The molecule has 0 aromatic heterocycles. The standard InChI is InChI=1S/C11H23NO2S/c1-9(2)14-6-10(3)12-7-11(13)4-5-15-8-11/h9-10,12-13H,4-8H2,1-3H3/t10-,11+/m0/s1. The van der Waals surface area contributed by atoms with Crippen LogP contribution in [0.2, 0.25) is 0 Å². The minimum absolute atomic E-state index is 0.277. The van der Waals surface area contributed by atoms with Crippen molar-refractivity contribution < 1.29 is 9.84 Å². The van der Waals surface area contributed by atoms with Gasteiger partial charge in [-0.15, -0.1) is 0 Å². The van der Waals surface area contributed by atoms with E-state index in [4.69, 9.17) is 4.74 Å². The maximum atomic E-state index is 10.1. The van der Waals surface area contributed by atoms with Crippen LogP contribution in [-0.2, 0) is 4.74 Å². The molecule has 0 spiro atoms. The molecule has 4 heteroatoms. The highest BCUT2D eigenvalue weighted by atomic mass is 32.2. The molecule has 1 saturated heterocycles. The van der Waals surface area contributed by atoms with Gasteiger partial charge in [0.1, 0.15) is 0 Å². The molecule has 3 nitrogen and oxygen atoms in total. The van der Waals surface area contributed by atoms with Crippen molar-refractivity contribution in [3.05, 3.63) is 0 Å². The van der Waals surface area contributed by atoms with E-state index in [1.165, 1.54) is 0 Å². The van der Waals surface area contributed by atoms with Gasteiger partial charge >= 0.3 is 0 Å². The largest absolute Gasteiger partial charge is 0.388 e. The molecule has 2 atom stereocenters. The zero-order valence-electron chi connectivity index (χ0n) is 9.95. The minimum Gasteiger partial charge on any atom is -0.388 e. The van der Waals surface area contributed by atoms with Crippen molar-refractivity contribution in [2.75, 3.05) is 24.7 Å². The van der Waals surface area contributed by atoms with Gasteiger partial charge in [0.2, 0.25) is 0 Å². The molecule has 1 aliphatic rings. The molecular formula is C11H23NO2S. The Kier molecular flexibility index (Phi) is 5.39.